The first-order chi connectivity index (χ1) is 5.21. The van der Waals surface area contributed by atoms with Gasteiger partial charge in [-0.3, -0.25) is 10.6 Å². The molecule has 5 heteroatoms. The highest BCUT2D eigenvalue weighted by atomic mass is 35.5. The maximum atomic E-state index is 10.8. The number of hydrogen-bond donors (Lipinski definition) is 3. The molecule has 1 fully saturated rings. The number of carbonyl (C=O) groups is 1. The molecular weight excluding hydrogens is 180 g/mol. The summed E-state index contributed by atoms with van der Waals surface area (Å²) < 4.78 is 0. The van der Waals surface area contributed by atoms with Crippen LogP contribution in [0.25, 0.3) is 0 Å². The largest absolute Gasteiger partial charge is 0.480 e. The molecular formula is C7H15ClN2O2. The van der Waals surface area contributed by atoms with E-state index in [1.54, 1.807) is 0 Å². The van der Waals surface area contributed by atoms with E-state index in [9.17, 15) is 4.79 Å². The minimum Gasteiger partial charge on any atom is -0.480 e. The smallest absolute Gasteiger partial charge is 0.325 e. The summed E-state index contributed by atoms with van der Waals surface area (Å²) >= 11 is 0. The zero-order valence-electron chi connectivity index (χ0n) is 6.88. The lowest BCUT2D eigenvalue weighted by Crippen LogP contribution is -2.56. The maximum absolute atomic E-state index is 10.8. The van der Waals surface area contributed by atoms with Crippen LogP contribution < -0.4 is 11.3 Å². The number of hydrazine groups is 1. The third-order valence-electron chi connectivity index (χ3n) is 2.39. The van der Waals surface area contributed by atoms with Gasteiger partial charge in [0.25, 0.3) is 0 Å². The first-order valence-corrected chi connectivity index (χ1v) is 3.92. The molecule has 0 radical (unpaired) electrons. The van der Waals surface area contributed by atoms with Crippen LogP contribution in [-0.2, 0) is 4.79 Å². The standard InChI is InChI=1S/C7H14N2O2.ClH/c8-9-7(6(10)11)4-2-1-3-5-7;/h9H,1-5,8H2,(H,10,11);1H. The molecule has 0 unspecified atom stereocenters. The van der Waals surface area contributed by atoms with E-state index in [1.807, 2.05) is 0 Å². The number of carboxylic acids is 1. The Kier molecular flexibility index (Phi) is 4.52. The van der Waals surface area contributed by atoms with E-state index in [0.717, 1.165) is 19.3 Å². The number of hydrogen-bond acceptors (Lipinski definition) is 3. The molecule has 1 aliphatic carbocycles. The molecule has 0 aromatic carbocycles. The number of rotatable bonds is 2. The lowest BCUT2D eigenvalue weighted by atomic mass is 9.82. The molecule has 0 atom stereocenters. The molecule has 0 aromatic rings. The van der Waals surface area contributed by atoms with E-state index in [4.69, 9.17) is 10.9 Å². The zero-order valence-corrected chi connectivity index (χ0v) is 7.69. The summed E-state index contributed by atoms with van der Waals surface area (Å²) in [7, 11) is 0. The first-order valence-electron chi connectivity index (χ1n) is 3.92. The van der Waals surface area contributed by atoms with E-state index in [1.165, 1.54) is 0 Å². The van der Waals surface area contributed by atoms with Crippen LogP contribution in [0.15, 0.2) is 0 Å². The molecule has 12 heavy (non-hydrogen) atoms. The maximum Gasteiger partial charge on any atom is 0.325 e. The van der Waals surface area contributed by atoms with Crippen molar-refractivity contribution in [1.29, 1.82) is 0 Å². The minimum atomic E-state index is -0.835. The predicted molar refractivity (Wildman–Crippen MR) is 48.0 cm³/mol. The fourth-order valence-electron chi connectivity index (χ4n) is 1.58. The molecule has 0 aromatic heterocycles. The average molecular weight is 195 g/mol. The van der Waals surface area contributed by atoms with Gasteiger partial charge in [0.15, 0.2) is 0 Å². The quantitative estimate of drug-likeness (QED) is 0.446. The zero-order chi connectivity index (χ0) is 8.32. The van der Waals surface area contributed by atoms with Crippen molar-refractivity contribution >= 4 is 18.4 Å². The molecule has 1 rings (SSSR count). The third kappa shape index (κ3) is 2.09. The molecule has 0 bridgehead atoms. The van der Waals surface area contributed by atoms with E-state index in [2.05, 4.69) is 5.43 Å². The van der Waals surface area contributed by atoms with Gasteiger partial charge < -0.3 is 5.11 Å². The van der Waals surface area contributed by atoms with Crippen molar-refractivity contribution < 1.29 is 9.90 Å². The summed E-state index contributed by atoms with van der Waals surface area (Å²) in [5.74, 6) is 4.39. The van der Waals surface area contributed by atoms with Crippen molar-refractivity contribution in [3.05, 3.63) is 0 Å². The Labute approximate surface area is 77.9 Å². The predicted octanol–water partition coefficient (Wildman–Crippen LogP) is 0.659. The van der Waals surface area contributed by atoms with Crippen LogP contribution in [0.3, 0.4) is 0 Å². The van der Waals surface area contributed by atoms with Crippen molar-refractivity contribution in [2.75, 3.05) is 0 Å². The van der Waals surface area contributed by atoms with E-state index < -0.39 is 11.5 Å². The SMILES string of the molecule is Cl.NNC1(C(=O)O)CCCCC1. The molecule has 4 N–H and O–H groups in total. The van der Waals surface area contributed by atoms with Crippen molar-refractivity contribution in [3.8, 4) is 0 Å². The van der Waals surface area contributed by atoms with Crippen LogP contribution in [0.2, 0.25) is 0 Å². The van der Waals surface area contributed by atoms with Crippen LogP contribution in [0.1, 0.15) is 32.1 Å². The van der Waals surface area contributed by atoms with Crippen LogP contribution in [0, 0.1) is 0 Å². The minimum absolute atomic E-state index is 0. The average Bonchev–Trinajstić information content (AvgIpc) is 2.05. The first kappa shape index (κ1) is 11.7. The van der Waals surface area contributed by atoms with Gasteiger partial charge >= 0.3 is 5.97 Å². The number of halogens is 1. The van der Waals surface area contributed by atoms with Gasteiger partial charge in [-0.1, -0.05) is 19.3 Å². The molecule has 1 saturated carbocycles. The van der Waals surface area contributed by atoms with Crippen molar-refractivity contribution in [3.63, 3.8) is 0 Å². The van der Waals surface area contributed by atoms with Gasteiger partial charge in [0.2, 0.25) is 0 Å². The summed E-state index contributed by atoms with van der Waals surface area (Å²) in [5.41, 5.74) is 1.58. The summed E-state index contributed by atoms with van der Waals surface area (Å²) in [6, 6.07) is 0. The molecule has 0 amide bonds. The second-order valence-electron chi connectivity index (χ2n) is 3.09. The molecule has 72 valence electrons. The summed E-state index contributed by atoms with van der Waals surface area (Å²) in [4.78, 5) is 10.8. The molecule has 4 nitrogen and oxygen atoms in total. The number of nitrogens with one attached hydrogen (secondary N) is 1. The van der Waals surface area contributed by atoms with E-state index >= 15 is 0 Å². The van der Waals surface area contributed by atoms with Crippen LogP contribution in [-0.4, -0.2) is 16.6 Å². The molecule has 0 aliphatic heterocycles. The van der Waals surface area contributed by atoms with Crippen molar-refractivity contribution in [1.82, 2.24) is 5.43 Å². The van der Waals surface area contributed by atoms with Crippen LogP contribution in [0.5, 0.6) is 0 Å². The van der Waals surface area contributed by atoms with Gasteiger partial charge in [0.1, 0.15) is 5.54 Å². The third-order valence-corrected chi connectivity index (χ3v) is 2.39. The van der Waals surface area contributed by atoms with E-state index in [0.29, 0.717) is 12.8 Å². The fourth-order valence-corrected chi connectivity index (χ4v) is 1.58. The molecule has 0 spiro atoms. The van der Waals surface area contributed by atoms with Gasteiger partial charge in [-0.05, 0) is 12.8 Å². The fraction of sp³-hybridized carbons (Fsp3) is 0.857. The van der Waals surface area contributed by atoms with Gasteiger partial charge in [0, 0.05) is 0 Å². The summed E-state index contributed by atoms with van der Waals surface area (Å²) in [6.45, 7) is 0. The van der Waals surface area contributed by atoms with Gasteiger partial charge in [-0.25, -0.2) is 5.43 Å². The highest BCUT2D eigenvalue weighted by molar-refractivity contribution is 5.85. The van der Waals surface area contributed by atoms with Crippen molar-refractivity contribution in [2.24, 2.45) is 5.84 Å². The Hall–Kier alpha value is -0.320. The Morgan fingerprint density at radius 1 is 1.33 bits per heavy atom. The van der Waals surface area contributed by atoms with E-state index in [-0.39, 0.29) is 12.4 Å². The van der Waals surface area contributed by atoms with Gasteiger partial charge in [-0.2, -0.15) is 0 Å². The molecule has 1 aliphatic rings. The Balaban J connectivity index is 0.00000121. The lowest BCUT2D eigenvalue weighted by Gasteiger charge is -2.31. The summed E-state index contributed by atoms with van der Waals surface area (Å²) in [6.07, 6.45) is 4.33. The Bertz CT molecular complexity index is 157. The number of aliphatic carboxylic acids is 1. The van der Waals surface area contributed by atoms with Crippen molar-refractivity contribution in [2.45, 2.75) is 37.6 Å². The highest BCUT2D eigenvalue weighted by Gasteiger charge is 2.38. The monoisotopic (exact) mass is 194 g/mol. The second kappa shape index (κ2) is 4.64. The Morgan fingerprint density at radius 3 is 2.08 bits per heavy atom. The van der Waals surface area contributed by atoms with Crippen LogP contribution in [0.4, 0.5) is 0 Å². The molecule has 0 heterocycles. The normalized spacial score (nSPS) is 21.1. The lowest BCUT2D eigenvalue weighted by molar-refractivity contribution is -0.146. The topological polar surface area (TPSA) is 75.3 Å². The second-order valence-corrected chi connectivity index (χ2v) is 3.09. The van der Waals surface area contributed by atoms with Gasteiger partial charge in [-0.15, -0.1) is 12.4 Å². The summed E-state index contributed by atoms with van der Waals surface area (Å²) in [5, 5.41) is 8.85. The molecule has 0 saturated heterocycles. The number of nitrogens with two attached hydrogens (primary N) is 1. The Morgan fingerprint density at radius 2 is 1.83 bits per heavy atom. The number of carboxylic acid groups (broad SMARTS) is 1. The highest BCUT2D eigenvalue weighted by Crippen LogP contribution is 2.27. The van der Waals surface area contributed by atoms with Crippen LogP contribution >= 0.6 is 12.4 Å². The van der Waals surface area contributed by atoms with Gasteiger partial charge in [0.05, 0.1) is 0 Å².